The van der Waals surface area contributed by atoms with E-state index in [2.05, 4.69) is 5.32 Å². The molecule has 0 atom stereocenters. The lowest BCUT2D eigenvalue weighted by Gasteiger charge is -2.15. The first-order valence-corrected chi connectivity index (χ1v) is 9.06. The van der Waals surface area contributed by atoms with Crippen LogP contribution in [-0.4, -0.2) is 22.7 Å². The predicted molar refractivity (Wildman–Crippen MR) is 107 cm³/mol. The first-order chi connectivity index (χ1) is 12.7. The van der Waals surface area contributed by atoms with Gasteiger partial charge in [-0.2, -0.15) is 0 Å². The fraction of sp³-hybridized carbons (Fsp3) is 0.0476. The maximum Gasteiger partial charge on any atom is 0.295 e. The van der Waals surface area contributed by atoms with E-state index in [-0.39, 0.29) is 17.8 Å². The van der Waals surface area contributed by atoms with Gasteiger partial charge >= 0.3 is 0 Å². The average molecular weight is 360 g/mol. The molecule has 128 valence electrons. The van der Waals surface area contributed by atoms with E-state index in [4.69, 9.17) is 0 Å². The fourth-order valence-corrected chi connectivity index (χ4v) is 3.72. The second-order valence-electron chi connectivity index (χ2n) is 5.88. The molecule has 1 saturated heterocycles. The zero-order chi connectivity index (χ0) is 17.9. The Hall–Kier alpha value is -3.05. The molecule has 0 saturated carbocycles. The minimum absolute atomic E-state index is 0.144. The van der Waals surface area contributed by atoms with Gasteiger partial charge in [0, 0.05) is 11.1 Å². The lowest BCUT2D eigenvalue weighted by atomic mass is 10.1. The van der Waals surface area contributed by atoms with E-state index in [0.29, 0.717) is 4.91 Å². The van der Waals surface area contributed by atoms with Gasteiger partial charge in [0.2, 0.25) is 0 Å². The van der Waals surface area contributed by atoms with E-state index in [9.17, 15) is 9.59 Å². The predicted octanol–water partition coefficient (Wildman–Crippen LogP) is 4.95. The molecule has 3 aromatic rings. The molecule has 5 heteroatoms. The summed E-state index contributed by atoms with van der Waals surface area (Å²) < 4.78 is 0. The number of hydrogen-bond donors (Lipinski definition) is 1. The second kappa shape index (κ2) is 7.06. The minimum Gasteiger partial charge on any atom is -0.367 e. The van der Waals surface area contributed by atoms with Crippen LogP contribution < -0.4 is 5.32 Å². The molecule has 26 heavy (non-hydrogen) atoms. The number of nitrogens with zero attached hydrogens (tertiary/aromatic N) is 1. The molecule has 4 nitrogen and oxygen atoms in total. The topological polar surface area (TPSA) is 49.4 Å². The Morgan fingerprint density at radius 1 is 0.885 bits per heavy atom. The number of carbonyl (C=O) groups is 2. The van der Waals surface area contributed by atoms with Crippen molar-refractivity contribution in [2.75, 3.05) is 12.0 Å². The van der Waals surface area contributed by atoms with Gasteiger partial charge in [-0.05, 0) is 34.9 Å². The molecule has 3 aromatic carbocycles. The number of amides is 2. The highest BCUT2D eigenvalue weighted by Crippen LogP contribution is 2.32. The van der Waals surface area contributed by atoms with Crippen molar-refractivity contribution in [2.24, 2.45) is 0 Å². The molecular weight excluding hydrogens is 344 g/mol. The van der Waals surface area contributed by atoms with Crippen LogP contribution in [-0.2, 0) is 4.79 Å². The lowest BCUT2D eigenvalue weighted by molar-refractivity contribution is -0.122. The van der Waals surface area contributed by atoms with Crippen molar-refractivity contribution in [2.45, 2.75) is 0 Å². The summed E-state index contributed by atoms with van der Waals surface area (Å²) >= 11 is 0.974. The van der Waals surface area contributed by atoms with Crippen molar-refractivity contribution in [3.05, 3.63) is 83.3 Å². The van der Waals surface area contributed by atoms with Crippen molar-refractivity contribution in [1.29, 1.82) is 0 Å². The summed E-state index contributed by atoms with van der Waals surface area (Å²) in [6.07, 6.45) is 1.75. The van der Waals surface area contributed by atoms with E-state index >= 15 is 0 Å². The van der Waals surface area contributed by atoms with Crippen molar-refractivity contribution < 1.29 is 9.59 Å². The number of carbonyl (C=O) groups excluding carboxylic acids is 2. The van der Waals surface area contributed by atoms with Gasteiger partial charge in [0.1, 0.15) is 0 Å². The average Bonchev–Trinajstić information content (AvgIpc) is 2.94. The molecule has 0 aromatic heterocycles. The van der Waals surface area contributed by atoms with Crippen LogP contribution in [0.4, 0.5) is 10.5 Å². The van der Waals surface area contributed by atoms with Gasteiger partial charge in [-0.1, -0.05) is 66.7 Å². The van der Waals surface area contributed by atoms with Crippen LogP contribution in [0.1, 0.15) is 5.56 Å². The quantitative estimate of drug-likeness (QED) is 0.669. The van der Waals surface area contributed by atoms with Gasteiger partial charge in [0.05, 0.1) is 11.6 Å². The molecule has 1 aliphatic rings. The van der Waals surface area contributed by atoms with Crippen LogP contribution in [0.2, 0.25) is 0 Å². The molecule has 0 aliphatic carbocycles. The summed E-state index contributed by atoms with van der Waals surface area (Å²) in [6, 6.07) is 23.5. The number of benzene rings is 3. The number of fused-ring (bicyclic) bond motifs is 1. The molecule has 1 aliphatic heterocycles. The summed E-state index contributed by atoms with van der Waals surface area (Å²) in [5, 5.41) is 5.12. The molecule has 1 fully saturated rings. The number of nitrogens with one attached hydrogen (secondary N) is 1. The number of anilines is 1. The summed E-state index contributed by atoms with van der Waals surface area (Å²) in [6.45, 7) is 0.144. The second-order valence-corrected chi connectivity index (χ2v) is 6.88. The van der Waals surface area contributed by atoms with Gasteiger partial charge in [0.15, 0.2) is 0 Å². The van der Waals surface area contributed by atoms with Crippen molar-refractivity contribution in [3.63, 3.8) is 0 Å². The van der Waals surface area contributed by atoms with E-state index in [1.165, 1.54) is 4.90 Å². The van der Waals surface area contributed by atoms with Gasteiger partial charge in [-0.3, -0.25) is 14.5 Å². The van der Waals surface area contributed by atoms with Crippen LogP contribution >= 0.6 is 11.8 Å². The van der Waals surface area contributed by atoms with Gasteiger partial charge in [-0.25, -0.2) is 0 Å². The standard InChI is InChI=1S/C21H16N2O2S/c24-20-19(13-15-7-2-1-3-8-15)26-21(25)23(20)14-22-18-12-6-10-16-9-4-5-11-17(16)18/h1-13,22H,14H2. The summed E-state index contributed by atoms with van der Waals surface area (Å²) in [7, 11) is 0. The maximum atomic E-state index is 12.6. The molecule has 0 bridgehead atoms. The van der Waals surface area contributed by atoms with Gasteiger partial charge in [-0.15, -0.1) is 0 Å². The van der Waals surface area contributed by atoms with Gasteiger partial charge < -0.3 is 5.32 Å². The molecule has 0 unspecified atom stereocenters. The van der Waals surface area contributed by atoms with Crippen molar-refractivity contribution >= 4 is 45.4 Å². The molecule has 1 heterocycles. The third kappa shape index (κ3) is 3.21. The lowest BCUT2D eigenvalue weighted by Crippen LogP contribution is -2.33. The molecule has 4 rings (SSSR count). The normalized spacial score (nSPS) is 15.8. The maximum absolute atomic E-state index is 12.6. The third-order valence-electron chi connectivity index (χ3n) is 4.19. The Balaban J connectivity index is 1.52. The highest BCUT2D eigenvalue weighted by atomic mass is 32.2. The van der Waals surface area contributed by atoms with Crippen LogP contribution in [0.3, 0.4) is 0 Å². The third-order valence-corrected chi connectivity index (χ3v) is 5.10. The van der Waals surface area contributed by atoms with E-state index in [1.807, 2.05) is 72.8 Å². The molecule has 1 N–H and O–H groups in total. The van der Waals surface area contributed by atoms with E-state index in [0.717, 1.165) is 33.8 Å². The zero-order valence-electron chi connectivity index (χ0n) is 13.9. The zero-order valence-corrected chi connectivity index (χ0v) is 14.7. The Morgan fingerprint density at radius 3 is 2.46 bits per heavy atom. The number of hydrogen-bond acceptors (Lipinski definition) is 4. The van der Waals surface area contributed by atoms with Crippen LogP contribution in [0.5, 0.6) is 0 Å². The Labute approximate surface area is 155 Å². The first-order valence-electron chi connectivity index (χ1n) is 8.24. The molecule has 0 radical (unpaired) electrons. The summed E-state index contributed by atoms with van der Waals surface area (Å²) in [4.78, 5) is 26.5. The van der Waals surface area contributed by atoms with E-state index in [1.54, 1.807) is 6.08 Å². The van der Waals surface area contributed by atoms with Crippen LogP contribution in [0, 0.1) is 0 Å². The molecule has 0 spiro atoms. The SMILES string of the molecule is O=C1SC(=Cc2ccccc2)C(=O)N1CNc1cccc2ccccc12. The van der Waals surface area contributed by atoms with Gasteiger partial charge in [0.25, 0.3) is 11.1 Å². The highest BCUT2D eigenvalue weighted by Gasteiger charge is 2.34. The number of rotatable bonds is 4. The number of imide groups is 1. The Morgan fingerprint density at radius 2 is 1.62 bits per heavy atom. The largest absolute Gasteiger partial charge is 0.367 e. The minimum atomic E-state index is -0.267. The van der Waals surface area contributed by atoms with Crippen LogP contribution in [0.25, 0.3) is 16.8 Å². The smallest absolute Gasteiger partial charge is 0.295 e. The number of thioether (sulfide) groups is 1. The summed E-state index contributed by atoms with van der Waals surface area (Å²) in [5.41, 5.74) is 1.80. The van der Waals surface area contributed by atoms with Crippen LogP contribution in [0.15, 0.2) is 77.7 Å². The Bertz CT molecular complexity index is 1010. The highest BCUT2D eigenvalue weighted by molar-refractivity contribution is 8.18. The first kappa shape index (κ1) is 16.4. The fourth-order valence-electron chi connectivity index (χ4n) is 2.88. The molecule has 2 amide bonds. The molecular formula is C21H16N2O2S. The van der Waals surface area contributed by atoms with Crippen molar-refractivity contribution in [3.8, 4) is 0 Å². The van der Waals surface area contributed by atoms with Crippen molar-refractivity contribution in [1.82, 2.24) is 4.90 Å². The Kier molecular flexibility index (Phi) is 4.46. The van der Waals surface area contributed by atoms with E-state index < -0.39 is 0 Å². The summed E-state index contributed by atoms with van der Waals surface area (Å²) in [5.74, 6) is -0.267. The monoisotopic (exact) mass is 360 g/mol.